The zero-order valence-corrected chi connectivity index (χ0v) is 16.3. The van der Waals surface area contributed by atoms with Crippen LogP contribution in [-0.2, 0) is 0 Å². The van der Waals surface area contributed by atoms with Gasteiger partial charge < -0.3 is 0 Å². The summed E-state index contributed by atoms with van der Waals surface area (Å²) in [7, 11) is 0. The summed E-state index contributed by atoms with van der Waals surface area (Å²) in [4.78, 5) is 2.55. The maximum absolute atomic E-state index is 3.66. The minimum absolute atomic E-state index is 1.18. The van der Waals surface area contributed by atoms with Crippen LogP contribution in [0.4, 0.5) is 0 Å². The zero-order valence-electron chi connectivity index (χ0n) is 8.33. The highest BCUT2D eigenvalue weighted by Crippen LogP contribution is 2.50. The predicted molar refractivity (Wildman–Crippen MR) is 87.9 cm³/mol. The summed E-state index contributed by atoms with van der Waals surface area (Å²) in [5.41, 5.74) is 2.52. The van der Waals surface area contributed by atoms with Crippen LogP contribution < -0.4 is 0 Å². The van der Waals surface area contributed by atoms with Crippen molar-refractivity contribution >= 4 is 86.4 Å². The van der Waals surface area contributed by atoms with Crippen LogP contribution in [0.25, 0.3) is 9.75 Å². The number of halogens is 4. The molecule has 0 spiro atoms. The molecule has 0 atom stereocenters. The second-order valence-corrected chi connectivity index (χ2v) is 9.55. The van der Waals surface area contributed by atoms with E-state index in [9.17, 15) is 0 Å². The van der Waals surface area contributed by atoms with E-state index in [0.717, 1.165) is 0 Å². The van der Waals surface area contributed by atoms with Crippen LogP contribution in [0.2, 0.25) is 0 Å². The third kappa shape index (κ3) is 2.26. The molecular weight excluding hydrogens is 504 g/mol. The van der Waals surface area contributed by atoms with Gasteiger partial charge in [-0.25, -0.2) is 0 Å². The fraction of sp³-hybridized carbons (Fsp3) is 0.200. The molecule has 0 saturated carbocycles. The average molecular weight is 510 g/mol. The van der Waals surface area contributed by atoms with Crippen molar-refractivity contribution in [1.82, 2.24) is 0 Å². The van der Waals surface area contributed by atoms with Gasteiger partial charge in [0.05, 0.1) is 17.3 Å². The highest BCUT2D eigenvalue weighted by atomic mass is 79.9. The Morgan fingerprint density at radius 1 is 0.688 bits per heavy atom. The molecule has 2 heterocycles. The minimum atomic E-state index is 1.18. The molecule has 0 aromatic carbocycles. The average Bonchev–Trinajstić information content (AvgIpc) is 2.64. The van der Waals surface area contributed by atoms with Crippen molar-refractivity contribution in [1.29, 1.82) is 0 Å². The minimum Gasteiger partial charge on any atom is -0.126 e. The Bertz CT molecular complexity index is 503. The van der Waals surface area contributed by atoms with E-state index >= 15 is 0 Å². The molecule has 0 fully saturated rings. The molecule has 86 valence electrons. The van der Waals surface area contributed by atoms with Crippen LogP contribution >= 0.6 is 86.4 Å². The quantitative estimate of drug-likeness (QED) is 0.383. The van der Waals surface area contributed by atoms with Crippen LogP contribution in [-0.4, -0.2) is 0 Å². The Kier molecular flexibility index (Phi) is 4.41. The monoisotopic (exact) mass is 506 g/mol. The van der Waals surface area contributed by atoms with E-state index in [1.54, 1.807) is 22.7 Å². The van der Waals surface area contributed by atoms with E-state index in [1.165, 1.54) is 37.4 Å². The first-order chi connectivity index (χ1) is 7.43. The summed E-state index contributed by atoms with van der Waals surface area (Å²) in [5, 5.41) is 0. The van der Waals surface area contributed by atoms with Crippen molar-refractivity contribution < 1.29 is 0 Å². The maximum Gasteiger partial charge on any atom is 0.0746 e. The molecule has 0 radical (unpaired) electrons. The summed E-state index contributed by atoms with van der Waals surface area (Å²) in [6.45, 7) is 4.22. The van der Waals surface area contributed by atoms with Crippen LogP contribution in [0.1, 0.15) is 11.1 Å². The first-order valence-electron chi connectivity index (χ1n) is 4.32. The lowest BCUT2D eigenvalue weighted by molar-refractivity contribution is 1.47. The lowest BCUT2D eigenvalue weighted by atomic mass is 10.3. The lowest BCUT2D eigenvalue weighted by Crippen LogP contribution is -1.71. The molecule has 0 amide bonds. The Hall–Kier alpha value is 1.32. The van der Waals surface area contributed by atoms with Gasteiger partial charge in [0.1, 0.15) is 0 Å². The molecule has 2 aromatic heterocycles. The van der Waals surface area contributed by atoms with Gasteiger partial charge in [-0.1, -0.05) is 0 Å². The normalized spacial score (nSPS) is 11.1. The van der Waals surface area contributed by atoms with Gasteiger partial charge in [0.2, 0.25) is 0 Å². The SMILES string of the molecule is Cc1c(Br)sc(-c2sc(Br)c(C)c2Br)c1Br. The maximum atomic E-state index is 3.66. The Morgan fingerprint density at radius 3 is 1.19 bits per heavy atom. The summed E-state index contributed by atoms with van der Waals surface area (Å²) >= 11 is 18.0. The Labute approximate surface area is 136 Å². The van der Waals surface area contributed by atoms with E-state index < -0.39 is 0 Å². The van der Waals surface area contributed by atoms with Crippen molar-refractivity contribution in [2.24, 2.45) is 0 Å². The topological polar surface area (TPSA) is 0 Å². The van der Waals surface area contributed by atoms with Crippen LogP contribution in [0.15, 0.2) is 16.5 Å². The van der Waals surface area contributed by atoms with Gasteiger partial charge in [0.15, 0.2) is 0 Å². The Morgan fingerprint density at radius 2 is 1.00 bits per heavy atom. The van der Waals surface area contributed by atoms with Crippen molar-refractivity contribution in [3.63, 3.8) is 0 Å². The van der Waals surface area contributed by atoms with Crippen molar-refractivity contribution in [3.05, 3.63) is 27.6 Å². The molecule has 0 N–H and O–H groups in total. The smallest absolute Gasteiger partial charge is 0.0746 e. The van der Waals surface area contributed by atoms with E-state index in [4.69, 9.17) is 0 Å². The van der Waals surface area contributed by atoms with Gasteiger partial charge in [-0.05, 0) is 88.7 Å². The first-order valence-corrected chi connectivity index (χ1v) is 9.13. The van der Waals surface area contributed by atoms with Gasteiger partial charge in [-0.3, -0.25) is 0 Å². The van der Waals surface area contributed by atoms with Crippen molar-refractivity contribution in [2.75, 3.05) is 0 Å². The van der Waals surface area contributed by atoms with Gasteiger partial charge >= 0.3 is 0 Å². The molecule has 0 aliphatic rings. The van der Waals surface area contributed by atoms with Gasteiger partial charge in [-0.2, -0.15) is 0 Å². The van der Waals surface area contributed by atoms with E-state index in [2.05, 4.69) is 77.6 Å². The predicted octanol–water partition coefficient (Wildman–Crippen LogP) is 7.14. The van der Waals surface area contributed by atoms with Crippen LogP contribution in [0, 0.1) is 13.8 Å². The molecule has 2 aromatic rings. The highest BCUT2D eigenvalue weighted by Gasteiger charge is 2.19. The number of thiophene rings is 2. The summed E-state index contributed by atoms with van der Waals surface area (Å²) < 4.78 is 4.73. The van der Waals surface area contributed by atoms with E-state index in [0.29, 0.717) is 0 Å². The molecule has 2 rings (SSSR count). The van der Waals surface area contributed by atoms with Crippen molar-refractivity contribution in [3.8, 4) is 9.75 Å². The Balaban J connectivity index is 2.68. The molecule has 6 heteroatoms. The third-order valence-corrected chi connectivity index (χ3v) is 9.23. The highest BCUT2D eigenvalue weighted by molar-refractivity contribution is 9.12. The molecule has 0 aliphatic heterocycles. The molecule has 0 unspecified atom stereocenters. The molecule has 0 bridgehead atoms. The summed E-state index contributed by atoms with van der Waals surface area (Å²) in [6, 6.07) is 0. The fourth-order valence-corrected chi connectivity index (χ4v) is 6.92. The second kappa shape index (κ2) is 5.13. The van der Waals surface area contributed by atoms with Gasteiger partial charge in [0.25, 0.3) is 0 Å². The van der Waals surface area contributed by atoms with Crippen LogP contribution in [0.5, 0.6) is 0 Å². The zero-order chi connectivity index (χ0) is 12.0. The van der Waals surface area contributed by atoms with Gasteiger partial charge in [-0.15, -0.1) is 22.7 Å². The largest absolute Gasteiger partial charge is 0.126 e. The first kappa shape index (κ1) is 13.7. The summed E-state index contributed by atoms with van der Waals surface area (Å²) in [6.07, 6.45) is 0. The van der Waals surface area contributed by atoms with E-state index in [-0.39, 0.29) is 0 Å². The molecule has 0 nitrogen and oxygen atoms in total. The van der Waals surface area contributed by atoms with Gasteiger partial charge in [0, 0.05) is 8.95 Å². The number of hydrogen-bond acceptors (Lipinski definition) is 2. The molecule has 0 aliphatic carbocycles. The number of rotatable bonds is 1. The molecule has 16 heavy (non-hydrogen) atoms. The molecule has 0 saturated heterocycles. The molecular formula is C10H6Br4S2. The van der Waals surface area contributed by atoms with E-state index in [1.807, 2.05) is 0 Å². The standard InChI is InChI=1S/C10H6Br4S2/c1-3-5(11)7(15-9(3)13)8-6(12)4(2)10(14)16-8/h1-2H3. The fourth-order valence-electron chi connectivity index (χ4n) is 1.23. The number of hydrogen-bond donors (Lipinski definition) is 0. The second-order valence-electron chi connectivity index (χ2n) is 3.29. The van der Waals surface area contributed by atoms with Crippen LogP contribution in [0.3, 0.4) is 0 Å². The lowest BCUT2D eigenvalue weighted by Gasteiger charge is -1.96. The third-order valence-electron chi connectivity index (χ3n) is 2.24. The summed E-state index contributed by atoms with van der Waals surface area (Å²) in [5.74, 6) is 0. The van der Waals surface area contributed by atoms with Crippen molar-refractivity contribution in [2.45, 2.75) is 13.8 Å².